The molecule has 7 nitrogen and oxygen atoms in total. The van der Waals surface area contributed by atoms with Crippen LogP contribution in [0.3, 0.4) is 0 Å². The predicted octanol–water partition coefficient (Wildman–Crippen LogP) is 2.16. The first kappa shape index (κ1) is 23.7. The molecule has 1 aliphatic rings. The summed E-state index contributed by atoms with van der Waals surface area (Å²) in [7, 11) is 0. The van der Waals surface area contributed by atoms with Crippen LogP contribution in [0.4, 0.5) is 4.39 Å². The third-order valence-electron chi connectivity index (χ3n) is 5.60. The topological polar surface area (TPSA) is 87.9 Å². The second-order valence-corrected chi connectivity index (χ2v) is 8.33. The molecule has 1 aliphatic heterocycles. The Bertz CT molecular complexity index is 894. The van der Waals surface area contributed by atoms with Gasteiger partial charge in [-0.1, -0.05) is 12.1 Å². The Labute approximate surface area is 188 Å². The molecule has 1 fully saturated rings. The van der Waals surface area contributed by atoms with Crippen molar-refractivity contribution in [2.24, 2.45) is 5.73 Å². The van der Waals surface area contributed by atoms with Crippen molar-refractivity contribution in [3.63, 3.8) is 0 Å². The number of nitrogens with two attached hydrogens (primary N) is 1. The summed E-state index contributed by atoms with van der Waals surface area (Å²) < 4.78 is 18.7. The molecule has 0 spiro atoms. The van der Waals surface area contributed by atoms with Crippen LogP contribution in [0.5, 0.6) is 11.5 Å². The highest BCUT2D eigenvalue weighted by Gasteiger charge is 2.23. The van der Waals surface area contributed by atoms with E-state index < -0.39 is 11.9 Å². The largest absolute Gasteiger partial charge is 0.457 e. The first-order valence-corrected chi connectivity index (χ1v) is 10.9. The Balaban J connectivity index is 1.50. The molecule has 0 aromatic heterocycles. The fraction of sp³-hybridized carbons (Fsp3) is 0.417. The number of carbonyl (C=O) groups is 2. The van der Waals surface area contributed by atoms with Gasteiger partial charge in [0, 0.05) is 38.6 Å². The first-order valence-electron chi connectivity index (χ1n) is 10.9. The first-order chi connectivity index (χ1) is 15.3. The van der Waals surface area contributed by atoms with E-state index in [4.69, 9.17) is 10.5 Å². The highest BCUT2D eigenvalue weighted by Crippen LogP contribution is 2.22. The number of amides is 2. The normalized spacial score (nSPS) is 16.0. The summed E-state index contributed by atoms with van der Waals surface area (Å²) in [4.78, 5) is 28.9. The number of carbonyl (C=O) groups excluding carboxylic acids is 2. The molecule has 0 radical (unpaired) electrons. The molecule has 1 atom stereocenters. The lowest BCUT2D eigenvalue weighted by Crippen LogP contribution is -2.53. The van der Waals surface area contributed by atoms with Crippen LogP contribution in [0, 0.1) is 5.82 Å². The summed E-state index contributed by atoms with van der Waals surface area (Å²) in [6.45, 7) is 8.08. The van der Waals surface area contributed by atoms with Crippen LogP contribution >= 0.6 is 0 Å². The molecular formula is C24H31FN4O3. The molecule has 3 rings (SSSR count). The summed E-state index contributed by atoms with van der Waals surface area (Å²) in [6, 6.07) is 12.6. The highest BCUT2D eigenvalue weighted by molar-refractivity contribution is 5.87. The van der Waals surface area contributed by atoms with E-state index in [1.54, 1.807) is 24.3 Å². The van der Waals surface area contributed by atoms with Gasteiger partial charge in [-0.2, -0.15) is 0 Å². The molecule has 2 aromatic rings. The molecule has 1 heterocycles. The Hall–Kier alpha value is -2.97. The minimum atomic E-state index is -0.789. The number of rotatable bonds is 9. The van der Waals surface area contributed by atoms with Crippen molar-refractivity contribution in [3.05, 3.63) is 59.9 Å². The number of benzene rings is 2. The fourth-order valence-electron chi connectivity index (χ4n) is 3.67. The van der Waals surface area contributed by atoms with Crippen molar-refractivity contribution >= 4 is 11.8 Å². The number of piperazine rings is 1. The van der Waals surface area contributed by atoms with E-state index in [0.717, 1.165) is 31.7 Å². The summed E-state index contributed by atoms with van der Waals surface area (Å²) in [6.07, 6.45) is 0.291. The Kier molecular flexibility index (Phi) is 8.19. The molecular weight excluding hydrogens is 411 g/mol. The van der Waals surface area contributed by atoms with Crippen LogP contribution in [0.1, 0.15) is 19.4 Å². The standard InChI is InChI=1S/C24H31FN4O3/c1-17(2)29-13-11-28(12-14-29)16-23(30)27-22(24(26)31)15-18-3-7-20(8-4-18)32-21-9-5-19(25)6-10-21/h3-10,17,22H,11-16H2,1-2H3,(H2,26,31)(H,27,30). The summed E-state index contributed by atoms with van der Waals surface area (Å²) in [5.74, 6) is -0.000978. The number of hydrogen-bond acceptors (Lipinski definition) is 5. The van der Waals surface area contributed by atoms with Crippen LogP contribution in [-0.4, -0.2) is 66.4 Å². The lowest BCUT2D eigenvalue weighted by Gasteiger charge is -2.36. The minimum Gasteiger partial charge on any atom is -0.457 e. The average Bonchev–Trinajstić information content (AvgIpc) is 2.76. The SMILES string of the molecule is CC(C)N1CCN(CC(=O)NC(Cc2ccc(Oc3ccc(F)cc3)cc2)C(N)=O)CC1. The van der Waals surface area contributed by atoms with Gasteiger partial charge in [-0.15, -0.1) is 0 Å². The zero-order valence-corrected chi connectivity index (χ0v) is 18.6. The Morgan fingerprint density at radius 3 is 2.09 bits per heavy atom. The molecule has 1 saturated heterocycles. The minimum absolute atomic E-state index is 0.205. The predicted molar refractivity (Wildman–Crippen MR) is 121 cm³/mol. The van der Waals surface area contributed by atoms with Crippen molar-refractivity contribution in [3.8, 4) is 11.5 Å². The van der Waals surface area contributed by atoms with Crippen LogP contribution < -0.4 is 15.8 Å². The molecule has 32 heavy (non-hydrogen) atoms. The van der Waals surface area contributed by atoms with Gasteiger partial charge in [0.05, 0.1) is 6.54 Å². The van der Waals surface area contributed by atoms with E-state index in [1.165, 1.54) is 12.1 Å². The molecule has 172 valence electrons. The summed E-state index contributed by atoms with van der Waals surface area (Å²) >= 11 is 0. The maximum absolute atomic E-state index is 13.0. The molecule has 0 saturated carbocycles. The number of ether oxygens (including phenoxy) is 1. The second kappa shape index (κ2) is 11.1. The zero-order chi connectivity index (χ0) is 23.1. The smallest absolute Gasteiger partial charge is 0.240 e. The van der Waals surface area contributed by atoms with Gasteiger partial charge in [0.2, 0.25) is 11.8 Å². The lowest BCUT2D eigenvalue weighted by atomic mass is 10.1. The third-order valence-corrected chi connectivity index (χ3v) is 5.60. The molecule has 8 heteroatoms. The number of halogens is 1. The van der Waals surface area contributed by atoms with E-state index in [1.807, 2.05) is 12.1 Å². The van der Waals surface area contributed by atoms with Gasteiger partial charge in [0.25, 0.3) is 0 Å². The van der Waals surface area contributed by atoms with Gasteiger partial charge in [0.15, 0.2) is 0 Å². The maximum atomic E-state index is 13.0. The monoisotopic (exact) mass is 442 g/mol. The summed E-state index contributed by atoms with van der Waals surface area (Å²) in [5, 5.41) is 2.77. The van der Waals surface area contributed by atoms with Crippen LogP contribution in [0.25, 0.3) is 0 Å². The van der Waals surface area contributed by atoms with E-state index in [-0.39, 0.29) is 18.3 Å². The summed E-state index contributed by atoms with van der Waals surface area (Å²) in [5.41, 5.74) is 6.37. The zero-order valence-electron chi connectivity index (χ0n) is 18.6. The van der Waals surface area contributed by atoms with E-state index >= 15 is 0 Å². The molecule has 0 bridgehead atoms. The van der Waals surface area contributed by atoms with Crippen LogP contribution in [-0.2, 0) is 16.0 Å². The van der Waals surface area contributed by atoms with Gasteiger partial charge in [-0.3, -0.25) is 19.4 Å². The van der Waals surface area contributed by atoms with Gasteiger partial charge >= 0.3 is 0 Å². The lowest BCUT2D eigenvalue weighted by molar-refractivity contribution is -0.128. The van der Waals surface area contributed by atoms with Gasteiger partial charge in [-0.25, -0.2) is 4.39 Å². The van der Waals surface area contributed by atoms with Gasteiger partial charge in [0.1, 0.15) is 23.4 Å². The van der Waals surface area contributed by atoms with E-state index in [0.29, 0.717) is 24.0 Å². The van der Waals surface area contributed by atoms with Gasteiger partial charge < -0.3 is 15.8 Å². The van der Waals surface area contributed by atoms with E-state index in [2.05, 4.69) is 29.0 Å². The molecule has 2 aromatic carbocycles. The average molecular weight is 443 g/mol. The van der Waals surface area contributed by atoms with Crippen LogP contribution in [0.2, 0.25) is 0 Å². The van der Waals surface area contributed by atoms with Crippen molar-refractivity contribution in [1.82, 2.24) is 15.1 Å². The molecule has 1 unspecified atom stereocenters. The number of nitrogens with zero attached hydrogens (tertiary/aromatic N) is 2. The quantitative estimate of drug-likeness (QED) is 0.621. The molecule has 2 amide bonds. The van der Waals surface area contributed by atoms with Crippen LogP contribution in [0.15, 0.2) is 48.5 Å². The number of primary amides is 1. The number of nitrogens with one attached hydrogen (secondary N) is 1. The number of hydrogen-bond donors (Lipinski definition) is 2. The maximum Gasteiger partial charge on any atom is 0.240 e. The van der Waals surface area contributed by atoms with Crippen molar-refractivity contribution < 1.29 is 18.7 Å². The third kappa shape index (κ3) is 7.03. The molecule has 0 aliphatic carbocycles. The van der Waals surface area contributed by atoms with Gasteiger partial charge in [-0.05, 0) is 55.8 Å². The Morgan fingerprint density at radius 1 is 1.00 bits per heavy atom. The van der Waals surface area contributed by atoms with Crippen molar-refractivity contribution in [2.75, 3.05) is 32.7 Å². The highest BCUT2D eigenvalue weighted by atomic mass is 19.1. The van der Waals surface area contributed by atoms with E-state index in [9.17, 15) is 14.0 Å². The van der Waals surface area contributed by atoms with Crippen molar-refractivity contribution in [1.29, 1.82) is 0 Å². The molecule has 3 N–H and O–H groups in total. The van der Waals surface area contributed by atoms with Crippen molar-refractivity contribution in [2.45, 2.75) is 32.4 Å². The second-order valence-electron chi connectivity index (χ2n) is 8.33. The fourth-order valence-corrected chi connectivity index (χ4v) is 3.67. The Morgan fingerprint density at radius 2 is 1.56 bits per heavy atom.